The molecule has 0 unspecified atom stereocenters. The van der Waals surface area contributed by atoms with E-state index in [1.54, 1.807) is 20.8 Å². The molecule has 6 rings (SSSR count). The summed E-state index contributed by atoms with van der Waals surface area (Å²) >= 11 is 21.3. The number of pyridine rings is 2. The summed E-state index contributed by atoms with van der Waals surface area (Å²) in [4.78, 5) is 54.0. The van der Waals surface area contributed by atoms with Crippen LogP contribution in [0.3, 0.4) is 0 Å². The molecule has 0 spiro atoms. The Morgan fingerprint density at radius 3 is 1.55 bits per heavy atom. The summed E-state index contributed by atoms with van der Waals surface area (Å²) in [6.45, 7) is 4.83. The van der Waals surface area contributed by atoms with E-state index in [-0.39, 0.29) is 33.4 Å². The van der Waals surface area contributed by atoms with Crippen molar-refractivity contribution in [3.8, 4) is 33.8 Å². The molecule has 1 N–H and O–H groups in total. The first kappa shape index (κ1) is 40.9. The van der Waals surface area contributed by atoms with Crippen LogP contribution in [0.25, 0.3) is 44.6 Å². The summed E-state index contributed by atoms with van der Waals surface area (Å²) in [7, 11) is 2.77. The van der Waals surface area contributed by atoms with Gasteiger partial charge in [-0.1, -0.05) is 23.2 Å². The Kier molecular flexibility index (Phi) is 12.7. The molecule has 0 saturated carbocycles. The van der Waals surface area contributed by atoms with Gasteiger partial charge in [0, 0.05) is 50.0 Å². The summed E-state index contributed by atoms with van der Waals surface area (Å²) in [5.74, 6) is -5.31. The molecular formula is C34H26Cl4F4N6O5. The second kappa shape index (κ2) is 16.5. The van der Waals surface area contributed by atoms with Gasteiger partial charge in [0.15, 0.2) is 22.8 Å². The number of alkyl halides is 2. The molecule has 0 radical (unpaired) electrons. The number of halogens is 8. The van der Waals surface area contributed by atoms with Crippen molar-refractivity contribution in [3.05, 3.63) is 103 Å². The van der Waals surface area contributed by atoms with Gasteiger partial charge >= 0.3 is 5.97 Å². The van der Waals surface area contributed by atoms with Crippen LogP contribution in [0.2, 0.25) is 10.0 Å². The van der Waals surface area contributed by atoms with Gasteiger partial charge in [0.25, 0.3) is 11.1 Å². The summed E-state index contributed by atoms with van der Waals surface area (Å²) in [6.07, 6.45) is 5.33. The van der Waals surface area contributed by atoms with Gasteiger partial charge in [-0.2, -0.15) is 0 Å². The van der Waals surface area contributed by atoms with Crippen molar-refractivity contribution >= 4 is 74.7 Å². The second-order valence-electron chi connectivity index (χ2n) is 11.8. The highest BCUT2D eigenvalue weighted by Crippen LogP contribution is 2.40. The minimum atomic E-state index is -0.945. The smallest absolute Gasteiger partial charge is 0.316 e. The molecule has 6 aromatic rings. The van der Waals surface area contributed by atoms with Gasteiger partial charge in [-0.25, -0.2) is 37.5 Å². The number of aryl methyl sites for hydroxylation is 2. The topological polar surface area (TPSA) is 142 Å². The van der Waals surface area contributed by atoms with Crippen molar-refractivity contribution in [2.24, 2.45) is 19.5 Å². The number of esters is 1. The molecule has 0 saturated heterocycles. The van der Waals surface area contributed by atoms with Gasteiger partial charge in [0.1, 0.15) is 34.3 Å². The average Bonchev–Trinajstić information content (AvgIpc) is 3.12. The number of carbonyl (C=O) groups excluding carboxylic acids is 1. The predicted octanol–water partition coefficient (Wildman–Crippen LogP) is 7.93. The van der Waals surface area contributed by atoms with Crippen molar-refractivity contribution in [1.82, 2.24) is 29.1 Å². The zero-order valence-corrected chi connectivity index (χ0v) is 31.1. The molecule has 0 aliphatic heterocycles. The number of carbonyl (C=O) groups is 1. The van der Waals surface area contributed by atoms with E-state index in [2.05, 4.69) is 19.9 Å². The molecule has 0 amide bonds. The van der Waals surface area contributed by atoms with E-state index in [1.165, 1.54) is 38.9 Å². The Labute approximate surface area is 317 Å². The second-order valence-corrected chi connectivity index (χ2v) is 13.4. The number of benzene rings is 2. The van der Waals surface area contributed by atoms with Gasteiger partial charge in [-0.05, 0) is 45.0 Å². The third-order valence-corrected chi connectivity index (χ3v) is 8.07. The number of nitrogens with zero attached hydrogens (tertiary/aromatic N) is 6. The number of hydrogen-bond acceptors (Lipinski definition) is 9. The van der Waals surface area contributed by atoms with E-state index in [0.29, 0.717) is 0 Å². The molecule has 0 atom stereocenters. The zero-order chi connectivity index (χ0) is 39.5. The van der Waals surface area contributed by atoms with Gasteiger partial charge < -0.3 is 9.84 Å². The van der Waals surface area contributed by atoms with Crippen LogP contribution in [0.15, 0.2) is 58.6 Å². The fourth-order valence-electron chi connectivity index (χ4n) is 4.75. The number of rotatable bonds is 3. The Hall–Kier alpha value is -4.83. The summed E-state index contributed by atoms with van der Waals surface area (Å²) in [5, 5.41) is 9.29. The number of hydrogen-bond donors (Lipinski definition) is 1. The minimum Gasteiger partial charge on any atom is -0.505 e. The molecule has 53 heavy (non-hydrogen) atoms. The molecule has 0 aliphatic carbocycles. The first-order chi connectivity index (χ1) is 24.9. The Morgan fingerprint density at radius 2 is 1.08 bits per heavy atom. The molecule has 0 aliphatic rings. The van der Waals surface area contributed by atoms with Crippen molar-refractivity contribution in [3.63, 3.8) is 0 Å². The molecule has 0 fully saturated rings. The lowest BCUT2D eigenvalue weighted by Gasteiger charge is -2.20. The molecule has 4 heterocycles. The molecule has 19 heteroatoms. The predicted molar refractivity (Wildman–Crippen MR) is 194 cm³/mol. The molecule has 0 bridgehead atoms. The SMILES string of the molecule is ClCCl.Cn1c(=O)c(-c2c(F)ccc(F)c2Cl)c(O)c2nccnc21.Cn1c(=O)c(-c2c(F)ccc(F)c2Cl)c(OC(=O)C(C)(C)C)c2nccnc21. The highest BCUT2D eigenvalue weighted by Gasteiger charge is 2.31. The zero-order valence-electron chi connectivity index (χ0n) is 28.1. The van der Waals surface area contributed by atoms with Crippen molar-refractivity contribution in [2.75, 3.05) is 5.34 Å². The van der Waals surface area contributed by atoms with E-state index in [4.69, 9.17) is 51.1 Å². The minimum absolute atomic E-state index is 0.0145. The Morgan fingerprint density at radius 1 is 0.698 bits per heavy atom. The Balaban J connectivity index is 0.000000226. The maximum atomic E-state index is 14.6. The van der Waals surface area contributed by atoms with Crippen LogP contribution in [0.1, 0.15) is 20.8 Å². The van der Waals surface area contributed by atoms with E-state index >= 15 is 0 Å². The van der Waals surface area contributed by atoms with Crippen LogP contribution in [-0.2, 0) is 18.9 Å². The third kappa shape index (κ3) is 8.08. The van der Waals surface area contributed by atoms with Crippen LogP contribution >= 0.6 is 46.4 Å². The van der Waals surface area contributed by atoms with E-state index < -0.39 is 83.8 Å². The lowest BCUT2D eigenvalue weighted by atomic mass is 9.97. The standard InChI is InChI=1S/C19H16ClF2N3O3.C14H8ClF2N3O2.CH2Cl2/c1-19(2,3)18(27)28-15-12(11-9(21)5-6-10(22)13(11)20)17(26)25(4)16-14(15)23-7-8-24-16;1-20-13-11(18-4-5-19-13)12(21)9(14(20)22)8-6(16)2-3-7(17)10(8)15;2-1-3/h5-8H,1-4H3;2-5,21H,1H3;1H2. The van der Waals surface area contributed by atoms with Gasteiger partial charge in [0.05, 0.1) is 31.9 Å². The first-order valence-corrected chi connectivity index (χ1v) is 16.7. The van der Waals surface area contributed by atoms with Gasteiger partial charge in [-0.15, -0.1) is 23.2 Å². The van der Waals surface area contributed by atoms with Crippen molar-refractivity contribution in [1.29, 1.82) is 0 Å². The molecule has 4 aromatic heterocycles. The normalized spacial score (nSPS) is 11.1. The highest BCUT2D eigenvalue weighted by molar-refractivity contribution is 6.40. The van der Waals surface area contributed by atoms with Crippen LogP contribution in [-0.4, -0.2) is 45.5 Å². The van der Waals surface area contributed by atoms with Crippen molar-refractivity contribution in [2.45, 2.75) is 20.8 Å². The number of ether oxygens (including phenoxy) is 1. The number of aromatic hydroxyl groups is 1. The molecule has 2 aromatic carbocycles. The molecule has 278 valence electrons. The average molecular weight is 816 g/mol. The monoisotopic (exact) mass is 814 g/mol. The highest BCUT2D eigenvalue weighted by atomic mass is 35.5. The fraction of sp³-hybridized carbons (Fsp3) is 0.206. The quantitative estimate of drug-likeness (QED) is 0.0816. The van der Waals surface area contributed by atoms with E-state index in [1.807, 2.05) is 0 Å². The lowest BCUT2D eigenvalue weighted by Crippen LogP contribution is -2.28. The summed E-state index contributed by atoms with van der Waals surface area (Å²) < 4.78 is 63.9. The Bertz CT molecular complexity index is 2510. The lowest BCUT2D eigenvalue weighted by molar-refractivity contribution is -0.142. The van der Waals surface area contributed by atoms with Gasteiger partial charge in [-0.3, -0.25) is 23.5 Å². The van der Waals surface area contributed by atoms with E-state index in [9.17, 15) is 37.1 Å². The number of aromatic nitrogens is 6. The first-order valence-electron chi connectivity index (χ1n) is 14.9. The largest absolute Gasteiger partial charge is 0.505 e. The van der Waals surface area contributed by atoms with Crippen LogP contribution in [0.4, 0.5) is 17.6 Å². The van der Waals surface area contributed by atoms with E-state index in [0.717, 1.165) is 33.4 Å². The summed E-state index contributed by atoms with van der Waals surface area (Å²) in [6, 6.07) is 3.35. The van der Waals surface area contributed by atoms with Gasteiger partial charge in [0.2, 0.25) is 0 Å². The van der Waals surface area contributed by atoms with Crippen molar-refractivity contribution < 1.29 is 32.2 Å². The molecular weight excluding hydrogens is 790 g/mol. The number of fused-ring (bicyclic) bond motifs is 2. The maximum Gasteiger partial charge on any atom is 0.316 e. The summed E-state index contributed by atoms with van der Waals surface area (Å²) in [5.41, 5.74) is -4.10. The third-order valence-electron chi connectivity index (χ3n) is 7.33. The molecule has 11 nitrogen and oxygen atoms in total. The van der Waals surface area contributed by atoms with Crippen LogP contribution < -0.4 is 15.9 Å². The maximum absolute atomic E-state index is 14.6. The van der Waals surface area contributed by atoms with Crippen LogP contribution in [0, 0.1) is 28.7 Å². The van der Waals surface area contributed by atoms with Crippen LogP contribution in [0.5, 0.6) is 11.5 Å². The fourth-order valence-corrected chi connectivity index (χ4v) is 5.24.